The lowest BCUT2D eigenvalue weighted by atomic mass is 9.77. The highest BCUT2D eigenvalue weighted by molar-refractivity contribution is 7.98. The van der Waals surface area contributed by atoms with Crippen LogP contribution < -0.4 is 16.0 Å². The first-order chi connectivity index (χ1) is 26.3. The van der Waals surface area contributed by atoms with Crippen LogP contribution in [0.5, 0.6) is 0 Å². The van der Waals surface area contributed by atoms with Crippen molar-refractivity contribution in [3.05, 3.63) is 167 Å². The van der Waals surface area contributed by atoms with Crippen LogP contribution in [0.4, 0.5) is 4.79 Å². The summed E-state index contributed by atoms with van der Waals surface area (Å²) < 4.78 is 5.68. The Balaban J connectivity index is 1.12. The van der Waals surface area contributed by atoms with Crippen molar-refractivity contribution in [1.82, 2.24) is 16.0 Å². The number of carbonyl (C=O) groups excluding carboxylic acids is 3. The molecular formula is C44H43N3O6S. The Morgan fingerprint density at radius 2 is 1.15 bits per heavy atom. The molecule has 0 spiro atoms. The van der Waals surface area contributed by atoms with Gasteiger partial charge in [0.1, 0.15) is 24.2 Å². The Hall–Kier alpha value is -5.87. The van der Waals surface area contributed by atoms with Gasteiger partial charge in [0.15, 0.2) is 0 Å². The van der Waals surface area contributed by atoms with Crippen LogP contribution in [0.1, 0.15) is 53.0 Å². The van der Waals surface area contributed by atoms with E-state index in [0.29, 0.717) is 5.75 Å². The summed E-state index contributed by atoms with van der Waals surface area (Å²) in [5.74, 6) is -1.99. The predicted molar refractivity (Wildman–Crippen MR) is 211 cm³/mol. The molecule has 54 heavy (non-hydrogen) atoms. The molecule has 0 unspecified atom stereocenters. The van der Waals surface area contributed by atoms with Gasteiger partial charge in [0.2, 0.25) is 11.8 Å². The molecule has 0 aliphatic heterocycles. The first kappa shape index (κ1) is 37.9. The van der Waals surface area contributed by atoms with E-state index in [1.807, 2.05) is 146 Å². The standard InChI is InChI=1S/C44H43N3O6S/c1-54-28-27-38(46-43(52)53-29-37-35-23-13-11-21-33(35)34-22-12-14-24-36(34)37)41(49)45-39(42(50)51)25-26-40(48)47-44(30-15-5-2-6-16-30,31-17-7-3-8-18-31)32-19-9-4-10-20-32/h2-24,37-39H,25-29H2,1H3,(H,45,49)(H,46,52)(H,47,48)(H,50,51)/t38-,39-/m0/s1. The number of hydrogen-bond donors (Lipinski definition) is 4. The number of fused-ring (bicyclic) bond motifs is 3. The van der Waals surface area contributed by atoms with Crippen molar-refractivity contribution < 1.29 is 29.0 Å². The molecule has 5 aromatic carbocycles. The van der Waals surface area contributed by atoms with Crippen LogP contribution in [-0.4, -0.2) is 59.7 Å². The molecule has 1 aliphatic carbocycles. The van der Waals surface area contributed by atoms with Crippen LogP contribution in [0.2, 0.25) is 0 Å². The molecule has 3 amide bonds. The second-order valence-electron chi connectivity index (χ2n) is 13.1. The fourth-order valence-corrected chi connectivity index (χ4v) is 7.62. The highest BCUT2D eigenvalue weighted by atomic mass is 32.2. The Kier molecular flexibility index (Phi) is 12.5. The number of carboxylic acids is 1. The van der Waals surface area contributed by atoms with Gasteiger partial charge in [-0.15, -0.1) is 0 Å². The van der Waals surface area contributed by atoms with E-state index >= 15 is 0 Å². The maximum absolute atomic E-state index is 13.9. The molecule has 6 rings (SSSR count). The van der Waals surface area contributed by atoms with Gasteiger partial charge in [-0.1, -0.05) is 140 Å². The van der Waals surface area contributed by atoms with Crippen molar-refractivity contribution in [3.8, 4) is 11.1 Å². The third kappa shape index (κ3) is 8.50. The number of hydrogen-bond acceptors (Lipinski definition) is 6. The van der Waals surface area contributed by atoms with E-state index in [4.69, 9.17) is 4.74 Å². The molecule has 0 saturated carbocycles. The number of thioether (sulfide) groups is 1. The molecule has 0 bridgehead atoms. The summed E-state index contributed by atoms with van der Waals surface area (Å²) in [7, 11) is 0. The summed E-state index contributed by atoms with van der Waals surface area (Å²) in [6, 6.07) is 42.4. The Morgan fingerprint density at radius 1 is 0.667 bits per heavy atom. The zero-order valence-electron chi connectivity index (χ0n) is 29.9. The number of alkyl carbamates (subject to hydrolysis) is 1. The summed E-state index contributed by atoms with van der Waals surface area (Å²) in [5, 5.41) is 18.6. The fourth-order valence-electron chi connectivity index (χ4n) is 7.14. The highest BCUT2D eigenvalue weighted by Crippen LogP contribution is 2.44. The lowest BCUT2D eigenvalue weighted by molar-refractivity contribution is -0.142. The monoisotopic (exact) mass is 741 g/mol. The lowest BCUT2D eigenvalue weighted by Gasteiger charge is -2.37. The predicted octanol–water partition coefficient (Wildman–Crippen LogP) is 7.10. The van der Waals surface area contributed by atoms with Crippen molar-refractivity contribution in [2.24, 2.45) is 0 Å². The lowest BCUT2D eigenvalue weighted by Crippen LogP contribution is -2.52. The van der Waals surface area contributed by atoms with Gasteiger partial charge in [0.25, 0.3) is 0 Å². The van der Waals surface area contributed by atoms with Crippen LogP contribution in [0.3, 0.4) is 0 Å². The smallest absolute Gasteiger partial charge is 0.407 e. The maximum Gasteiger partial charge on any atom is 0.407 e. The molecule has 9 nitrogen and oxygen atoms in total. The van der Waals surface area contributed by atoms with Crippen molar-refractivity contribution in [2.75, 3.05) is 18.6 Å². The molecule has 0 saturated heterocycles. The Morgan fingerprint density at radius 3 is 1.63 bits per heavy atom. The number of aliphatic carboxylic acids is 1. The summed E-state index contributed by atoms with van der Waals surface area (Å²) in [6.45, 7) is 0.0695. The number of nitrogens with one attached hydrogen (secondary N) is 3. The summed E-state index contributed by atoms with van der Waals surface area (Å²) in [6.07, 6.45) is 0.977. The molecular weight excluding hydrogens is 699 g/mol. The fraction of sp³-hybridized carbons (Fsp3) is 0.227. The van der Waals surface area contributed by atoms with E-state index < -0.39 is 41.5 Å². The first-order valence-electron chi connectivity index (χ1n) is 17.9. The number of rotatable bonds is 16. The van der Waals surface area contributed by atoms with Gasteiger partial charge in [-0.25, -0.2) is 9.59 Å². The topological polar surface area (TPSA) is 134 Å². The van der Waals surface area contributed by atoms with E-state index in [0.717, 1.165) is 38.9 Å². The molecule has 4 N–H and O–H groups in total. The van der Waals surface area contributed by atoms with Crippen molar-refractivity contribution in [2.45, 2.75) is 42.8 Å². The first-order valence-corrected chi connectivity index (χ1v) is 19.3. The van der Waals surface area contributed by atoms with Crippen LogP contribution in [-0.2, 0) is 24.7 Å². The quantitative estimate of drug-likeness (QED) is 0.0793. The second kappa shape index (κ2) is 17.8. The van der Waals surface area contributed by atoms with Crippen LogP contribution in [0, 0.1) is 0 Å². The third-order valence-electron chi connectivity index (χ3n) is 9.78. The van der Waals surface area contributed by atoms with E-state index in [-0.39, 0.29) is 31.8 Å². The highest BCUT2D eigenvalue weighted by Gasteiger charge is 2.38. The average Bonchev–Trinajstić information content (AvgIpc) is 3.53. The molecule has 276 valence electrons. The largest absolute Gasteiger partial charge is 0.480 e. The van der Waals surface area contributed by atoms with Gasteiger partial charge in [-0.2, -0.15) is 11.8 Å². The van der Waals surface area contributed by atoms with Crippen LogP contribution >= 0.6 is 11.8 Å². The van der Waals surface area contributed by atoms with Gasteiger partial charge in [-0.3, -0.25) is 9.59 Å². The van der Waals surface area contributed by atoms with E-state index in [2.05, 4.69) is 16.0 Å². The molecule has 10 heteroatoms. The van der Waals surface area contributed by atoms with Gasteiger partial charge in [0.05, 0.1) is 0 Å². The number of carboxylic acid groups (broad SMARTS) is 1. The van der Waals surface area contributed by atoms with E-state index in [9.17, 15) is 24.3 Å². The van der Waals surface area contributed by atoms with Crippen molar-refractivity contribution >= 4 is 35.6 Å². The van der Waals surface area contributed by atoms with Crippen LogP contribution in [0.15, 0.2) is 140 Å². The number of amides is 3. The third-order valence-corrected chi connectivity index (χ3v) is 10.4. The number of benzene rings is 5. The molecule has 0 aromatic heterocycles. The molecule has 0 heterocycles. The maximum atomic E-state index is 13.9. The van der Waals surface area contributed by atoms with E-state index in [1.54, 1.807) is 0 Å². The van der Waals surface area contributed by atoms with Gasteiger partial charge in [-0.05, 0) is 63.8 Å². The van der Waals surface area contributed by atoms with Crippen LogP contribution in [0.25, 0.3) is 11.1 Å². The Labute approximate surface area is 319 Å². The van der Waals surface area contributed by atoms with Crippen molar-refractivity contribution in [3.63, 3.8) is 0 Å². The van der Waals surface area contributed by atoms with E-state index in [1.165, 1.54) is 11.8 Å². The summed E-state index contributed by atoms with van der Waals surface area (Å²) in [5.41, 5.74) is 5.73. The SMILES string of the molecule is CSCC[C@H](NC(=O)OCC1c2ccccc2-c2ccccc21)C(=O)N[C@@H](CCC(=O)NC(c1ccccc1)(c1ccccc1)c1ccccc1)C(=O)O. The summed E-state index contributed by atoms with van der Waals surface area (Å²) in [4.78, 5) is 53.0. The normalized spacial score (nSPS) is 13.1. The zero-order valence-corrected chi connectivity index (χ0v) is 30.8. The minimum atomic E-state index is -1.39. The van der Waals surface area contributed by atoms with Gasteiger partial charge >= 0.3 is 12.1 Å². The molecule has 1 aliphatic rings. The number of ether oxygens (including phenoxy) is 1. The second-order valence-corrected chi connectivity index (χ2v) is 14.1. The van der Waals surface area contributed by atoms with Gasteiger partial charge < -0.3 is 25.8 Å². The minimum Gasteiger partial charge on any atom is -0.480 e. The average molecular weight is 742 g/mol. The zero-order chi connectivity index (χ0) is 37.9. The molecule has 5 aromatic rings. The molecule has 0 radical (unpaired) electrons. The van der Waals surface area contributed by atoms with Gasteiger partial charge in [0, 0.05) is 12.3 Å². The Bertz CT molecular complexity index is 1920. The van der Waals surface area contributed by atoms with Crippen molar-refractivity contribution in [1.29, 1.82) is 0 Å². The number of carbonyl (C=O) groups is 4. The minimum absolute atomic E-state index is 0.0695. The molecule has 2 atom stereocenters. The molecule has 0 fully saturated rings. The summed E-state index contributed by atoms with van der Waals surface area (Å²) >= 11 is 1.49.